The lowest BCUT2D eigenvalue weighted by Crippen LogP contribution is -1.76. The standard InChI is InChI=1S/C10H19Cl/c1-3-4-5-6-7-8-9-10(2)11/h9H,3-8H2,1-2H3/b10-9-. The SMILES string of the molecule is CCCCCCC/C=C(/C)Cl. The summed E-state index contributed by atoms with van der Waals surface area (Å²) in [7, 11) is 0. The first kappa shape index (κ1) is 11.0. The fourth-order valence-electron chi connectivity index (χ4n) is 1.05. The van der Waals surface area contributed by atoms with Crippen LogP contribution in [0, 0.1) is 0 Å². The highest BCUT2D eigenvalue weighted by molar-refractivity contribution is 6.29. The Morgan fingerprint density at radius 2 is 1.82 bits per heavy atom. The Kier molecular flexibility index (Phi) is 8.15. The molecule has 1 heteroatoms. The molecule has 0 aliphatic heterocycles. The van der Waals surface area contributed by atoms with Gasteiger partial charge >= 0.3 is 0 Å². The highest BCUT2D eigenvalue weighted by Crippen LogP contribution is 2.08. The van der Waals surface area contributed by atoms with Gasteiger partial charge in [0.15, 0.2) is 0 Å². The molecule has 0 spiro atoms. The Bertz CT molecular complexity index is 101. The number of rotatable bonds is 6. The molecule has 66 valence electrons. The normalized spacial score (nSPS) is 12.1. The van der Waals surface area contributed by atoms with Gasteiger partial charge in [0, 0.05) is 5.03 Å². The predicted molar refractivity (Wildman–Crippen MR) is 53.0 cm³/mol. The lowest BCUT2D eigenvalue weighted by Gasteiger charge is -1.95. The van der Waals surface area contributed by atoms with Crippen LogP contribution >= 0.6 is 11.6 Å². The summed E-state index contributed by atoms with van der Waals surface area (Å²) in [4.78, 5) is 0. The van der Waals surface area contributed by atoms with E-state index in [1.807, 2.05) is 6.92 Å². The van der Waals surface area contributed by atoms with Gasteiger partial charge in [-0.1, -0.05) is 50.3 Å². The minimum absolute atomic E-state index is 0.931. The van der Waals surface area contributed by atoms with E-state index in [-0.39, 0.29) is 0 Å². The van der Waals surface area contributed by atoms with Crippen molar-refractivity contribution in [1.82, 2.24) is 0 Å². The molecule has 0 aliphatic rings. The van der Waals surface area contributed by atoms with Gasteiger partial charge in [-0.25, -0.2) is 0 Å². The van der Waals surface area contributed by atoms with Gasteiger partial charge in [-0.05, 0) is 19.8 Å². The summed E-state index contributed by atoms with van der Waals surface area (Å²) >= 11 is 5.68. The van der Waals surface area contributed by atoms with Crippen LogP contribution in [0.5, 0.6) is 0 Å². The third-order valence-electron chi connectivity index (χ3n) is 1.73. The summed E-state index contributed by atoms with van der Waals surface area (Å²) in [6.07, 6.45) is 9.99. The zero-order chi connectivity index (χ0) is 8.53. The van der Waals surface area contributed by atoms with Gasteiger partial charge in [0.1, 0.15) is 0 Å². The molecule has 0 heterocycles. The van der Waals surface area contributed by atoms with Crippen LogP contribution in [0.25, 0.3) is 0 Å². The molecular formula is C10H19Cl. The van der Waals surface area contributed by atoms with E-state index in [9.17, 15) is 0 Å². The van der Waals surface area contributed by atoms with Crippen molar-refractivity contribution in [2.24, 2.45) is 0 Å². The number of allylic oxidation sites excluding steroid dienone is 2. The Morgan fingerprint density at radius 1 is 1.18 bits per heavy atom. The van der Waals surface area contributed by atoms with Crippen molar-refractivity contribution in [1.29, 1.82) is 0 Å². The van der Waals surface area contributed by atoms with Crippen LogP contribution in [-0.4, -0.2) is 0 Å². The lowest BCUT2D eigenvalue weighted by atomic mass is 10.1. The van der Waals surface area contributed by atoms with Crippen molar-refractivity contribution in [3.05, 3.63) is 11.1 Å². The number of unbranched alkanes of at least 4 members (excludes halogenated alkanes) is 5. The quantitative estimate of drug-likeness (QED) is 0.521. The van der Waals surface area contributed by atoms with Crippen LogP contribution in [0.1, 0.15) is 52.4 Å². The summed E-state index contributed by atoms with van der Waals surface area (Å²) < 4.78 is 0. The van der Waals surface area contributed by atoms with Gasteiger partial charge in [-0.2, -0.15) is 0 Å². The minimum atomic E-state index is 0.931. The molecule has 0 aromatic carbocycles. The van der Waals surface area contributed by atoms with E-state index in [0.29, 0.717) is 0 Å². The topological polar surface area (TPSA) is 0 Å². The first-order valence-electron chi connectivity index (χ1n) is 4.59. The molecule has 0 aromatic heterocycles. The highest BCUT2D eigenvalue weighted by Gasteiger charge is 1.86. The van der Waals surface area contributed by atoms with E-state index < -0.39 is 0 Å². The molecule has 0 N–H and O–H groups in total. The van der Waals surface area contributed by atoms with Gasteiger partial charge < -0.3 is 0 Å². The van der Waals surface area contributed by atoms with Gasteiger partial charge in [-0.3, -0.25) is 0 Å². The second kappa shape index (κ2) is 8.13. The maximum Gasteiger partial charge on any atom is 0.0110 e. The van der Waals surface area contributed by atoms with Crippen molar-refractivity contribution < 1.29 is 0 Å². The van der Waals surface area contributed by atoms with Crippen LogP contribution in [0.2, 0.25) is 0 Å². The monoisotopic (exact) mass is 174 g/mol. The number of hydrogen-bond acceptors (Lipinski definition) is 0. The van der Waals surface area contributed by atoms with Crippen molar-refractivity contribution in [2.45, 2.75) is 52.4 Å². The smallest absolute Gasteiger partial charge is 0.0110 e. The molecular weight excluding hydrogens is 156 g/mol. The molecule has 0 aliphatic carbocycles. The molecule has 0 nitrogen and oxygen atoms in total. The van der Waals surface area contributed by atoms with Crippen molar-refractivity contribution >= 4 is 11.6 Å². The van der Waals surface area contributed by atoms with Gasteiger partial charge in [-0.15, -0.1) is 0 Å². The first-order chi connectivity index (χ1) is 5.27. The molecule has 0 aromatic rings. The zero-order valence-electron chi connectivity index (χ0n) is 7.70. The maximum atomic E-state index is 5.68. The largest absolute Gasteiger partial charge is 0.0898 e. The number of hydrogen-bond donors (Lipinski definition) is 0. The zero-order valence-corrected chi connectivity index (χ0v) is 8.45. The van der Waals surface area contributed by atoms with Crippen LogP contribution in [0.3, 0.4) is 0 Å². The Labute approximate surface area is 75.6 Å². The molecule has 0 unspecified atom stereocenters. The van der Waals surface area contributed by atoms with Gasteiger partial charge in [0.2, 0.25) is 0 Å². The molecule has 0 atom stereocenters. The van der Waals surface area contributed by atoms with Crippen LogP contribution in [0.15, 0.2) is 11.1 Å². The summed E-state index contributed by atoms with van der Waals surface area (Å²) in [5.41, 5.74) is 0. The van der Waals surface area contributed by atoms with Gasteiger partial charge in [0.25, 0.3) is 0 Å². The Morgan fingerprint density at radius 3 is 2.36 bits per heavy atom. The maximum absolute atomic E-state index is 5.68. The van der Waals surface area contributed by atoms with E-state index in [4.69, 9.17) is 11.6 Å². The first-order valence-corrected chi connectivity index (χ1v) is 4.97. The second-order valence-corrected chi connectivity index (χ2v) is 3.59. The highest BCUT2D eigenvalue weighted by atomic mass is 35.5. The Balaban J connectivity index is 2.97. The average molecular weight is 175 g/mol. The van der Waals surface area contributed by atoms with Crippen LogP contribution in [-0.2, 0) is 0 Å². The van der Waals surface area contributed by atoms with Crippen LogP contribution < -0.4 is 0 Å². The van der Waals surface area contributed by atoms with E-state index in [1.165, 1.54) is 32.1 Å². The third kappa shape index (κ3) is 10.0. The van der Waals surface area contributed by atoms with Crippen molar-refractivity contribution in [3.63, 3.8) is 0 Å². The van der Waals surface area contributed by atoms with E-state index >= 15 is 0 Å². The fraction of sp³-hybridized carbons (Fsp3) is 0.800. The minimum Gasteiger partial charge on any atom is -0.0898 e. The molecule has 0 saturated heterocycles. The summed E-state index contributed by atoms with van der Waals surface area (Å²) in [5.74, 6) is 0. The predicted octanol–water partition coefficient (Wildman–Crippen LogP) is 4.49. The molecule has 0 amide bonds. The third-order valence-corrected chi connectivity index (χ3v) is 1.89. The summed E-state index contributed by atoms with van der Waals surface area (Å²) in [5, 5.41) is 0.931. The molecule has 0 rings (SSSR count). The summed E-state index contributed by atoms with van der Waals surface area (Å²) in [6, 6.07) is 0. The molecule has 11 heavy (non-hydrogen) atoms. The molecule has 0 fully saturated rings. The molecule has 0 saturated carbocycles. The lowest BCUT2D eigenvalue weighted by molar-refractivity contribution is 0.637. The van der Waals surface area contributed by atoms with Gasteiger partial charge in [0.05, 0.1) is 0 Å². The van der Waals surface area contributed by atoms with Crippen molar-refractivity contribution in [3.8, 4) is 0 Å². The van der Waals surface area contributed by atoms with Crippen LogP contribution in [0.4, 0.5) is 0 Å². The average Bonchev–Trinajstić information content (AvgIpc) is 1.96. The van der Waals surface area contributed by atoms with E-state index in [2.05, 4.69) is 13.0 Å². The van der Waals surface area contributed by atoms with Crippen molar-refractivity contribution in [2.75, 3.05) is 0 Å². The molecule has 0 bridgehead atoms. The van der Waals surface area contributed by atoms with E-state index in [1.54, 1.807) is 0 Å². The van der Waals surface area contributed by atoms with E-state index in [0.717, 1.165) is 11.5 Å². The molecule has 0 radical (unpaired) electrons. The Hall–Kier alpha value is 0.0300. The fourth-order valence-corrected chi connectivity index (χ4v) is 1.16. The summed E-state index contributed by atoms with van der Waals surface area (Å²) in [6.45, 7) is 4.18. The number of halogens is 1. The second-order valence-electron chi connectivity index (χ2n) is 2.99.